The SMILES string of the molecule is N=C(c1cc2ccccc2o1)N(O)c1ccccc1. The van der Waals surface area contributed by atoms with Gasteiger partial charge in [0.1, 0.15) is 5.58 Å². The summed E-state index contributed by atoms with van der Waals surface area (Å²) in [4.78, 5) is 0. The van der Waals surface area contributed by atoms with Gasteiger partial charge in [-0.15, -0.1) is 0 Å². The molecular weight excluding hydrogens is 240 g/mol. The molecule has 2 N–H and O–H groups in total. The summed E-state index contributed by atoms with van der Waals surface area (Å²) < 4.78 is 5.55. The van der Waals surface area contributed by atoms with Crippen LogP contribution in [0.2, 0.25) is 0 Å². The topological polar surface area (TPSA) is 60.5 Å². The molecule has 0 atom stereocenters. The van der Waals surface area contributed by atoms with E-state index >= 15 is 0 Å². The highest BCUT2D eigenvalue weighted by Crippen LogP contribution is 2.21. The number of rotatable bonds is 2. The van der Waals surface area contributed by atoms with Crippen LogP contribution in [0.15, 0.2) is 65.1 Å². The molecule has 4 heteroatoms. The second kappa shape index (κ2) is 4.59. The van der Waals surface area contributed by atoms with Gasteiger partial charge in [-0.1, -0.05) is 36.4 Å². The molecule has 0 aliphatic rings. The number of nitrogens with zero attached hydrogens (tertiary/aromatic N) is 1. The minimum atomic E-state index is -0.0950. The van der Waals surface area contributed by atoms with Gasteiger partial charge in [-0.2, -0.15) is 0 Å². The Morgan fingerprint density at radius 3 is 2.42 bits per heavy atom. The van der Waals surface area contributed by atoms with Crippen molar-refractivity contribution in [2.75, 3.05) is 5.06 Å². The highest BCUT2D eigenvalue weighted by Gasteiger charge is 2.15. The molecule has 94 valence electrons. The fourth-order valence-corrected chi connectivity index (χ4v) is 1.90. The summed E-state index contributed by atoms with van der Waals surface area (Å²) in [5, 5.41) is 19.7. The van der Waals surface area contributed by atoms with Crippen LogP contribution in [0.4, 0.5) is 5.69 Å². The van der Waals surface area contributed by atoms with Gasteiger partial charge in [0.05, 0.1) is 5.69 Å². The van der Waals surface area contributed by atoms with Crippen molar-refractivity contribution in [1.29, 1.82) is 5.41 Å². The first-order valence-corrected chi connectivity index (χ1v) is 5.87. The molecule has 1 aromatic heterocycles. The summed E-state index contributed by atoms with van der Waals surface area (Å²) in [6, 6.07) is 18.1. The summed E-state index contributed by atoms with van der Waals surface area (Å²) in [5.74, 6) is 0.231. The molecule has 19 heavy (non-hydrogen) atoms. The Labute approximate surface area is 110 Å². The van der Waals surface area contributed by atoms with Crippen LogP contribution < -0.4 is 5.06 Å². The van der Waals surface area contributed by atoms with E-state index in [9.17, 15) is 5.21 Å². The van der Waals surface area contributed by atoms with Crippen molar-refractivity contribution in [1.82, 2.24) is 0 Å². The lowest BCUT2D eigenvalue weighted by Gasteiger charge is -2.15. The number of hydrogen-bond acceptors (Lipinski definition) is 3. The van der Waals surface area contributed by atoms with Crippen LogP contribution in [0.1, 0.15) is 5.76 Å². The molecule has 4 nitrogen and oxygen atoms in total. The van der Waals surface area contributed by atoms with E-state index in [4.69, 9.17) is 9.83 Å². The van der Waals surface area contributed by atoms with Crippen LogP contribution >= 0.6 is 0 Å². The fraction of sp³-hybridized carbons (Fsp3) is 0. The maximum atomic E-state index is 10.0. The van der Waals surface area contributed by atoms with Gasteiger partial charge in [0.2, 0.25) is 0 Å². The number of benzene rings is 2. The fourth-order valence-electron chi connectivity index (χ4n) is 1.90. The molecule has 3 rings (SSSR count). The second-order valence-corrected chi connectivity index (χ2v) is 4.14. The maximum absolute atomic E-state index is 10.0. The van der Waals surface area contributed by atoms with Gasteiger partial charge >= 0.3 is 0 Å². The van der Waals surface area contributed by atoms with E-state index in [0.717, 1.165) is 10.4 Å². The van der Waals surface area contributed by atoms with Crippen molar-refractivity contribution in [2.24, 2.45) is 0 Å². The number of nitrogens with one attached hydrogen (secondary N) is 1. The first-order valence-electron chi connectivity index (χ1n) is 5.87. The zero-order chi connectivity index (χ0) is 13.2. The number of hydrogen-bond donors (Lipinski definition) is 2. The first kappa shape index (κ1) is 11.5. The lowest BCUT2D eigenvalue weighted by Crippen LogP contribution is -2.26. The Bertz CT molecular complexity index is 686. The van der Waals surface area contributed by atoms with Crippen molar-refractivity contribution < 1.29 is 9.62 Å². The zero-order valence-electron chi connectivity index (χ0n) is 10.1. The molecule has 0 radical (unpaired) electrons. The second-order valence-electron chi connectivity index (χ2n) is 4.14. The predicted octanol–water partition coefficient (Wildman–Crippen LogP) is 3.65. The minimum absolute atomic E-state index is 0.0950. The van der Waals surface area contributed by atoms with E-state index in [-0.39, 0.29) is 5.84 Å². The molecule has 0 saturated carbocycles. The maximum Gasteiger partial charge on any atom is 0.193 e. The van der Waals surface area contributed by atoms with Crippen molar-refractivity contribution in [3.63, 3.8) is 0 Å². The third-order valence-corrected chi connectivity index (χ3v) is 2.87. The Morgan fingerprint density at radius 1 is 1.00 bits per heavy atom. The monoisotopic (exact) mass is 252 g/mol. The number of para-hydroxylation sites is 2. The highest BCUT2D eigenvalue weighted by atomic mass is 16.5. The Morgan fingerprint density at radius 2 is 1.68 bits per heavy atom. The van der Waals surface area contributed by atoms with Gasteiger partial charge in [0.25, 0.3) is 0 Å². The van der Waals surface area contributed by atoms with Crippen LogP contribution in [-0.2, 0) is 0 Å². The molecule has 2 aromatic carbocycles. The highest BCUT2D eigenvalue weighted by molar-refractivity contribution is 6.06. The van der Waals surface area contributed by atoms with E-state index < -0.39 is 0 Å². The smallest absolute Gasteiger partial charge is 0.193 e. The molecule has 0 saturated heterocycles. The Hall–Kier alpha value is -2.59. The third-order valence-electron chi connectivity index (χ3n) is 2.87. The van der Waals surface area contributed by atoms with Gasteiger partial charge in [-0.3, -0.25) is 10.6 Å². The summed E-state index contributed by atoms with van der Waals surface area (Å²) in [6.07, 6.45) is 0. The van der Waals surface area contributed by atoms with Crippen LogP contribution in [-0.4, -0.2) is 11.0 Å². The number of anilines is 1. The van der Waals surface area contributed by atoms with E-state index in [0.29, 0.717) is 17.0 Å². The van der Waals surface area contributed by atoms with Crippen molar-refractivity contribution in [2.45, 2.75) is 0 Å². The standard InChI is InChI=1S/C15H12N2O2/c16-15(17(18)12-7-2-1-3-8-12)14-10-11-6-4-5-9-13(11)19-14/h1-10,16,18H. The molecule has 0 fully saturated rings. The summed E-state index contributed by atoms with van der Waals surface area (Å²) >= 11 is 0. The van der Waals surface area contributed by atoms with Gasteiger partial charge in [-0.05, 0) is 24.3 Å². The van der Waals surface area contributed by atoms with Crippen LogP contribution in [0.25, 0.3) is 11.0 Å². The van der Waals surface area contributed by atoms with Gasteiger partial charge in [-0.25, -0.2) is 5.06 Å². The van der Waals surface area contributed by atoms with Crippen molar-refractivity contribution >= 4 is 22.5 Å². The molecule has 0 spiro atoms. The molecule has 1 heterocycles. The average molecular weight is 252 g/mol. The van der Waals surface area contributed by atoms with Crippen LogP contribution in [0.3, 0.4) is 0 Å². The largest absolute Gasteiger partial charge is 0.453 e. The third kappa shape index (κ3) is 2.09. The average Bonchev–Trinajstić information content (AvgIpc) is 2.90. The minimum Gasteiger partial charge on any atom is -0.453 e. The van der Waals surface area contributed by atoms with Gasteiger partial charge < -0.3 is 4.42 Å². The van der Waals surface area contributed by atoms with Crippen LogP contribution in [0, 0.1) is 5.41 Å². The quantitative estimate of drug-likeness (QED) is 0.415. The molecule has 3 aromatic rings. The molecular formula is C15H12N2O2. The Balaban J connectivity index is 1.95. The first-order chi connectivity index (χ1) is 9.25. The number of furan rings is 1. The predicted molar refractivity (Wildman–Crippen MR) is 73.8 cm³/mol. The number of hydroxylamine groups is 1. The van der Waals surface area contributed by atoms with E-state index in [2.05, 4.69) is 0 Å². The molecule has 0 unspecified atom stereocenters. The number of fused-ring (bicyclic) bond motifs is 1. The molecule has 0 bridgehead atoms. The van der Waals surface area contributed by atoms with Gasteiger partial charge in [0.15, 0.2) is 11.6 Å². The molecule has 0 aliphatic heterocycles. The molecule has 0 amide bonds. The van der Waals surface area contributed by atoms with Gasteiger partial charge in [0, 0.05) is 5.39 Å². The lowest BCUT2D eigenvalue weighted by molar-refractivity contribution is 0.309. The summed E-state index contributed by atoms with van der Waals surface area (Å²) in [5.41, 5.74) is 1.22. The van der Waals surface area contributed by atoms with Crippen LogP contribution in [0.5, 0.6) is 0 Å². The van der Waals surface area contributed by atoms with E-state index in [1.807, 2.05) is 30.3 Å². The van der Waals surface area contributed by atoms with E-state index in [1.54, 1.807) is 30.3 Å². The van der Waals surface area contributed by atoms with E-state index in [1.165, 1.54) is 0 Å². The lowest BCUT2D eigenvalue weighted by atomic mass is 10.2. The zero-order valence-corrected chi connectivity index (χ0v) is 10.1. The summed E-state index contributed by atoms with van der Waals surface area (Å²) in [7, 11) is 0. The Kier molecular flexibility index (Phi) is 2.78. The normalized spacial score (nSPS) is 10.6. The summed E-state index contributed by atoms with van der Waals surface area (Å²) in [6.45, 7) is 0. The van der Waals surface area contributed by atoms with Crippen molar-refractivity contribution in [3.8, 4) is 0 Å². The van der Waals surface area contributed by atoms with Crippen molar-refractivity contribution in [3.05, 3.63) is 66.4 Å². The molecule has 0 aliphatic carbocycles. The number of amidine groups is 1.